The topological polar surface area (TPSA) is 70.2 Å². The molecule has 3 amide bonds. The van der Waals surface area contributed by atoms with E-state index in [1.807, 2.05) is 30.3 Å². The zero-order valence-electron chi connectivity index (χ0n) is 13.1. The SMILES string of the molecule is O=C(CNC(=O)Nc1ccccc1Br)Nc1ccc2c(c1)CCC2. The van der Waals surface area contributed by atoms with Gasteiger partial charge in [-0.25, -0.2) is 4.79 Å². The smallest absolute Gasteiger partial charge is 0.319 e. The third-order valence-electron chi connectivity index (χ3n) is 3.91. The van der Waals surface area contributed by atoms with Crippen LogP contribution in [0, 0.1) is 0 Å². The normalized spacial score (nSPS) is 12.4. The Kier molecular flexibility index (Phi) is 5.15. The maximum Gasteiger partial charge on any atom is 0.319 e. The highest BCUT2D eigenvalue weighted by Gasteiger charge is 2.12. The van der Waals surface area contributed by atoms with Crippen molar-refractivity contribution in [1.29, 1.82) is 0 Å². The van der Waals surface area contributed by atoms with Crippen molar-refractivity contribution >= 4 is 39.2 Å². The van der Waals surface area contributed by atoms with Crippen molar-refractivity contribution in [2.75, 3.05) is 17.2 Å². The maximum absolute atomic E-state index is 12.0. The fourth-order valence-corrected chi connectivity index (χ4v) is 3.13. The Labute approximate surface area is 149 Å². The quantitative estimate of drug-likeness (QED) is 0.748. The number of nitrogens with one attached hydrogen (secondary N) is 3. The van der Waals surface area contributed by atoms with Gasteiger partial charge in [0.05, 0.1) is 12.2 Å². The number of rotatable bonds is 4. The summed E-state index contributed by atoms with van der Waals surface area (Å²) >= 11 is 3.35. The number of halogens is 1. The highest BCUT2D eigenvalue weighted by molar-refractivity contribution is 9.10. The van der Waals surface area contributed by atoms with E-state index in [-0.39, 0.29) is 12.5 Å². The van der Waals surface area contributed by atoms with Gasteiger partial charge in [-0.3, -0.25) is 4.79 Å². The molecule has 0 saturated heterocycles. The highest BCUT2D eigenvalue weighted by atomic mass is 79.9. The van der Waals surface area contributed by atoms with Gasteiger partial charge in [0.25, 0.3) is 0 Å². The number of hydrogen-bond acceptors (Lipinski definition) is 2. The summed E-state index contributed by atoms with van der Waals surface area (Å²) in [5.74, 6) is -0.254. The summed E-state index contributed by atoms with van der Waals surface area (Å²) < 4.78 is 0.780. The number of hydrogen-bond donors (Lipinski definition) is 3. The minimum absolute atomic E-state index is 0.0899. The van der Waals surface area contributed by atoms with E-state index >= 15 is 0 Å². The van der Waals surface area contributed by atoms with Gasteiger partial charge in [0, 0.05) is 10.2 Å². The summed E-state index contributed by atoms with van der Waals surface area (Å²) in [7, 11) is 0. The van der Waals surface area contributed by atoms with E-state index in [1.165, 1.54) is 17.5 Å². The Morgan fingerprint density at radius 1 is 1.00 bits per heavy atom. The molecule has 0 unspecified atom stereocenters. The van der Waals surface area contributed by atoms with Gasteiger partial charge in [0.2, 0.25) is 5.91 Å². The van der Waals surface area contributed by atoms with Crippen molar-refractivity contribution < 1.29 is 9.59 Å². The van der Waals surface area contributed by atoms with Crippen LogP contribution < -0.4 is 16.0 Å². The maximum atomic E-state index is 12.0. The number of para-hydroxylation sites is 1. The third kappa shape index (κ3) is 4.14. The lowest BCUT2D eigenvalue weighted by atomic mass is 10.1. The van der Waals surface area contributed by atoms with Crippen molar-refractivity contribution in [3.8, 4) is 0 Å². The Morgan fingerprint density at radius 3 is 2.62 bits per heavy atom. The number of urea groups is 1. The van der Waals surface area contributed by atoms with E-state index in [0.717, 1.165) is 23.0 Å². The summed E-state index contributed by atoms with van der Waals surface area (Å²) in [4.78, 5) is 23.8. The van der Waals surface area contributed by atoms with E-state index in [9.17, 15) is 9.59 Å². The Balaban J connectivity index is 1.49. The van der Waals surface area contributed by atoms with Crippen LogP contribution in [-0.2, 0) is 17.6 Å². The molecular weight excluding hydrogens is 370 g/mol. The number of fused-ring (bicyclic) bond motifs is 1. The number of aryl methyl sites for hydroxylation is 2. The molecule has 24 heavy (non-hydrogen) atoms. The van der Waals surface area contributed by atoms with Crippen LogP contribution >= 0.6 is 15.9 Å². The molecule has 2 aromatic carbocycles. The van der Waals surface area contributed by atoms with Gasteiger partial charge in [0.1, 0.15) is 0 Å². The van der Waals surface area contributed by atoms with E-state index in [2.05, 4.69) is 37.9 Å². The second-order valence-electron chi connectivity index (χ2n) is 5.67. The molecule has 0 aliphatic heterocycles. The van der Waals surface area contributed by atoms with Gasteiger partial charge in [-0.05, 0) is 70.6 Å². The van der Waals surface area contributed by atoms with Crippen LogP contribution in [0.3, 0.4) is 0 Å². The van der Waals surface area contributed by atoms with Gasteiger partial charge in [-0.1, -0.05) is 18.2 Å². The minimum atomic E-state index is -0.425. The third-order valence-corrected chi connectivity index (χ3v) is 4.61. The second-order valence-corrected chi connectivity index (χ2v) is 6.53. The first kappa shape index (κ1) is 16.5. The molecule has 3 rings (SSSR count). The zero-order valence-corrected chi connectivity index (χ0v) is 14.7. The number of benzene rings is 2. The number of amides is 3. The zero-order chi connectivity index (χ0) is 16.9. The molecule has 0 bridgehead atoms. The molecule has 0 aromatic heterocycles. The van der Waals surface area contributed by atoms with Gasteiger partial charge < -0.3 is 16.0 Å². The summed E-state index contributed by atoms with van der Waals surface area (Å²) in [6.07, 6.45) is 3.34. The number of anilines is 2. The van der Waals surface area contributed by atoms with Crippen molar-refractivity contribution in [2.24, 2.45) is 0 Å². The van der Waals surface area contributed by atoms with Crippen LogP contribution in [0.1, 0.15) is 17.5 Å². The molecule has 0 fully saturated rings. The first-order chi connectivity index (χ1) is 11.6. The number of carbonyl (C=O) groups is 2. The fraction of sp³-hybridized carbons (Fsp3) is 0.222. The van der Waals surface area contributed by atoms with E-state index in [4.69, 9.17) is 0 Å². The second kappa shape index (κ2) is 7.49. The standard InChI is InChI=1S/C18H18BrN3O2/c19-15-6-1-2-7-16(15)22-18(24)20-11-17(23)21-14-9-8-12-4-3-5-13(12)10-14/h1-2,6-10H,3-5,11H2,(H,21,23)(H2,20,22,24). The molecule has 124 valence electrons. The summed E-state index contributed by atoms with van der Waals surface area (Å²) in [5.41, 5.74) is 4.08. The lowest BCUT2D eigenvalue weighted by Crippen LogP contribution is -2.35. The number of carbonyl (C=O) groups excluding carboxylic acids is 2. The van der Waals surface area contributed by atoms with Crippen LogP contribution in [0.4, 0.5) is 16.2 Å². The lowest BCUT2D eigenvalue weighted by molar-refractivity contribution is -0.115. The van der Waals surface area contributed by atoms with Crippen LogP contribution in [0.5, 0.6) is 0 Å². The molecule has 1 aliphatic carbocycles. The van der Waals surface area contributed by atoms with Gasteiger partial charge >= 0.3 is 6.03 Å². The molecule has 0 atom stereocenters. The molecule has 6 heteroatoms. The van der Waals surface area contributed by atoms with E-state index in [1.54, 1.807) is 6.07 Å². The first-order valence-corrected chi connectivity index (χ1v) is 8.62. The monoisotopic (exact) mass is 387 g/mol. The largest absolute Gasteiger partial charge is 0.329 e. The van der Waals surface area contributed by atoms with Gasteiger partial charge in [-0.2, -0.15) is 0 Å². The van der Waals surface area contributed by atoms with Crippen LogP contribution in [0.25, 0.3) is 0 Å². The molecule has 2 aromatic rings. The van der Waals surface area contributed by atoms with Gasteiger partial charge in [-0.15, -0.1) is 0 Å². The summed E-state index contributed by atoms with van der Waals surface area (Å²) in [6, 6.07) is 12.8. The van der Waals surface area contributed by atoms with Crippen molar-refractivity contribution in [3.05, 3.63) is 58.1 Å². The van der Waals surface area contributed by atoms with E-state index in [0.29, 0.717) is 5.69 Å². The molecule has 0 heterocycles. The van der Waals surface area contributed by atoms with Crippen molar-refractivity contribution in [2.45, 2.75) is 19.3 Å². The summed E-state index contributed by atoms with van der Waals surface area (Å²) in [5, 5.41) is 8.05. The van der Waals surface area contributed by atoms with Crippen LogP contribution in [0.15, 0.2) is 46.9 Å². The molecule has 0 radical (unpaired) electrons. The first-order valence-electron chi connectivity index (χ1n) is 7.83. The minimum Gasteiger partial charge on any atom is -0.329 e. The highest BCUT2D eigenvalue weighted by Crippen LogP contribution is 2.24. The molecule has 5 nitrogen and oxygen atoms in total. The van der Waals surface area contributed by atoms with Crippen molar-refractivity contribution in [3.63, 3.8) is 0 Å². The predicted octanol–water partition coefficient (Wildman–Crippen LogP) is 3.70. The van der Waals surface area contributed by atoms with Crippen molar-refractivity contribution in [1.82, 2.24) is 5.32 Å². The molecular formula is C18H18BrN3O2. The average molecular weight is 388 g/mol. The van der Waals surface area contributed by atoms with Gasteiger partial charge in [0.15, 0.2) is 0 Å². The van der Waals surface area contributed by atoms with Crippen LogP contribution in [-0.4, -0.2) is 18.5 Å². The lowest BCUT2D eigenvalue weighted by Gasteiger charge is -2.10. The van der Waals surface area contributed by atoms with Crippen LogP contribution in [0.2, 0.25) is 0 Å². The molecule has 0 saturated carbocycles. The Morgan fingerprint density at radius 2 is 1.79 bits per heavy atom. The van der Waals surface area contributed by atoms with E-state index < -0.39 is 6.03 Å². The fourth-order valence-electron chi connectivity index (χ4n) is 2.74. The Hall–Kier alpha value is -2.34. The molecule has 3 N–H and O–H groups in total. The predicted molar refractivity (Wildman–Crippen MR) is 98.3 cm³/mol. The molecule has 1 aliphatic rings. The summed E-state index contributed by atoms with van der Waals surface area (Å²) in [6.45, 7) is -0.0899. The Bertz CT molecular complexity index is 777. The molecule has 0 spiro atoms. The average Bonchev–Trinajstić information content (AvgIpc) is 3.03.